The molecule has 1 aliphatic carbocycles. The van der Waals surface area contributed by atoms with E-state index in [1.165, 1.54) is 6.92 Å². The topological polar surface area (TPSA) is 69.6 Å². The first-order valence-corrected chi connectivity index (χ1v) is 9.99. The van der Waals surface area contributed by atoms with Crippen LogP contribution in [0.15, 0.2) is 0 Å². The van der Waals surface area contributed by atoms with Gasteiger partial charge in [0.15, 0.2) is 16.8 Å². The standard InChI is InChI=1S/C16H21F3N4O2S/c1-8-3-4-23(8)15-20-13(16(17,18)19)9(2)14(21-15)22-5-10-11(6-22)12(10)7-26(24)25/h8,10-12H,3-7H2,1-2H3,(H,24,25)/t8-,10-,11+,12+/m0/s1. The second-order valence-electron chi connectivity index (χ2n) is 7.53. The van der Waals surface area contributed by atoms with Crippen molar-refractivity contribution >= 4 is 22.8 Å². The summed E-state index contributed by atoms with van der Waals surface area (Å²) in [6.07, 6.45) is -3.61. The minimum atomic E-state index is -4.52. The lowest BCUT2D eigenvalue weighted by Gasteiger charge is -2.39. The molecule has 144 valence electrons. The summed E-state index contributed by atoms with van der Waals surface area (Å²) >= 11 is -1.82. The number of alkyl halides is 3. The molecule has 0 amide bonds. The van der Waals surface area contributed by atoms with Crippen molar-refractivity contribution < 1.29 is 21.9 Å². The predicted octanol–water partition coefficient (Wildman–Crippen LogP) is 2.31. The van der Waals surface area contributed by atoms with E-state index >= 15 is 0 Å². The van der Waals surface area contributed by atoms with E-state index < -0.39 is 23.0 Å². The highest BCUT2D eigenvalue weighted by atomic mass is 32.2. The zero-order chi connectivity index (χ0) is 18.8. The fourth-order valence-corrected chi connectivity index (χ4v) is 5.08. The SMILES string of the molecule is Cc1c(N2C[C@@H]3[C@H](C2)[C@H]3CS(=O)O)nc(N2CC[C@@H]2C)nc1C(F)(F)F. The molecule has 0 bridgehead atoms. The molecule has 0 radical (unpaired) electrons. The van der Waals surface area contributed by atoms with Crippen molar-refractivity contribution in [3.8, 4) is 0 Å². The summed E-state index contributed by atoms with van der Waals surface area (Å²) in [4.78, 5) is 12.0. The van der Waals surface area contributed by atoms with Crippen molar-refractivity contribution in [3.05, 3.63) is 11.3 Å². The number of anilines is 2. The molecule has 10 heteroatoms. The Morgan fingerprint density at radius 1 is 1.27 bits per heavy atom. The van der Waals surface area contributed by atoms with Gasteiger partial charge in [-0.2, -0.15) is 18.2 Å². The molecule has 0 aromatic carbocycles. The Bertz CT molecular complexity index is 748. The fraction of sp³-hybridized carbons (Fsp3) is 0.750. The molecule has 2 aliphatic heterocycles. The van der Waals surface area contributed by atoms with Gasteiger partial charge < -0.3 is 14.4 Å². The van der Waals surface area contributed by atoms with Crippen LogP contribution >= 0.6 is 0 Å². The van der Waals surface area contributed by atoms with Gasteiger partial charge in [-0.1, -0.05) is 0 Å². The van der Waals surface area contributed by atoms with Crippen molar-refractivity contribution in [1.82, 2.24) is 9.97 Å². The summed E-state index contributed by atoms with van der Waals surface area (Å²) in [5.41, 5.74) is -0.816. The Labute approximate surface area is 152 Å². The zero-order valence-electron chi connectivity index (χ0n) is 14.5. The molecule has 1 aromatic rings. The van der Waals surface area contributed by atoms with E-state index in [4.69, 9.17) is 4.55 Å². The number of aromatic nitrogens is 2. The smallest absolute Gasteiger partial charge is 0.356 e. The molecule has 0 spiro atoms. The number of fused-ring (bicyclic) bond motifs is 1. The predicted molar refractivity (Wildman–Crippen MR) is 91.5 cm³/mol. The molecule has 1 unspecified atom stereocenters. The maximum Gasteiger partial charge on any atom is 0.433 e. The van der Waals surface area contributed by atoms with Gasteiger partial charge in [0.25, 0.3) is 0 Å². The highest BCUT2D eigenvalue weighted by Crippen LogP contribution is 2.53. The Morgan fingerprint density at radius 2 is 1.92 bits per heavy atom. The van der Waals surface area contributed by atoms with Crippen LogP contribution in [0.25, 0.3) is 0 Å². The van der Waals surface area contributed by atoms with E-state index in [1.54, 1.807) is 4.90 Å². The Kier molecular flexibility index (Phi) is 4.18. The van der Waals surface area contributed by atoms with Gasteiger partial charge in [0, 0.05) is 31.2 Å². The quantitative estimate of drug-likeness (QED) is 0.796. The average Bonchev–Trinajstić information content (AvgIpc) is 2.96. The third-order valence-corrected chi connectivity index (χ3v) is 6.63. The van der Waals surface area contributed by atoms with E-state index in [0.29, 0.717) is 25.5 Å². The normalized spacial score (nSPS) is 31.6. The molecule has 3 aliphatic rings. The van der Waals surface area contributed by atoms with E-state index in [-0.39, 0.29) is 41.1 Å². The number of hydrogen-bond acceptors (Lipinski definition) is 5. The van der Waals surface area contributed by atoms with Crippen LogP contribution in [0.4, 0.5) is 24.9 Å². The van der Waals surface area contributed by atoms with Crippen LogP contribution in [0.3, 0.4) is 0 Å². The van der Waals surface area contributed by atoms with Crippen molar-refractivity contribution in [2.45, 2.75) is 32.5 Å². The van der Waals surface area contributed by atoms with Crippen LogP contribution < -0.4 is 9.80 Å². The van der Waals surface area contributed by atoms with Crippen molar-refractivity contribution in [1.29, 1.82) is 0 Å². The van der Waals surface area contributed by atoms with E-state index in [2.05, 4.69) is 9.97 Å². The van der Waals surface area contributed by atoms with Crippen LogP contribution in [0, 0.1) is 24.7 Å². The van der Waals surface area contributed by atoms with E-state index in [1.807, 2.05) is 11.8 Å². The Morgan fingerprint density at radius 3 is 2.38 bits per heavy atom. The van der Waals surface area contributed by atoms with Gasteiger partial charge in [-0.25, -0.2) is 9.19 Å². The van der Waals surface area contributed by atoms with Crippen molar-refractivity contribution in [2.75, 3.05) is 35.2 Å². The summed E-state index contributed by atoms with van der Waals surface area (Å²) in [6.45, 7) is 5.19. The van der Waals surface area contributed by atoms with Gasteiger partial charge in [0.2, 0.25) is 5.95 Å². The molecule has 3 heterocycles. The number of piperidine rings is 1. The van der Waals surface area contributed by atoms with Crippen LogP contribution in [0.2, 0.25) is 0 Å². The van der Waals surface area contributed by atoms with Crippen LogP contribution in [-0.2, 0) is 17.3 Å². The summed E-state index contributed by atoms with van der Waals surface area (Å²) in [5.74, 6) is 1.46. The maximum absolute atomic E-state index is 13.5. The first-order chi connectivity index (χ1) is 12.2. The van der Waals surface area contributed by atoms with Gasteiger partial charge in [0.1, 0.15) is 5.82 Å². The first-order valence-electron chi connectivity index (χ1n) is 8.71. The van der Waals surface area contributed by atoms with E-state index in [9.17, 15) is 17.4 Å². The lowest BCUT2D eigenvalue weighted by molar-refractivity contribution is -0.141. The molecule has 5 atom stereocenters. The maximum atomic E-state index is 13.5. The Balaban J connectivity index is 1.62. The van der Waals surface area contributed by atoms with Gasteiger partial charge >= 0.3 is 6.18 Å². The number of halogens is 3. The average molecular weight is 390 g/mol. The van der Waals surface area contributed by atoms with Gasteiger partial charge in [-0.05, 0) is 38.0 Å². The summed E-state index contributed by atoms with van der Waals surface area (Å²) in [6, 6.07) is 0.141. The third-order valence-electron chi connectivity index (χ3n) is 5.96. The Hall–Kier alpha value is -1.42. The summed E-state index contributed by atoms with van der Waals surface area (Å²) < 4.78 is 60.5. The number of hydrogen-bond donors (Lipinski definition) is 1. The minimum Gasteiger partial charge on any atom is -0.356 e. The molecular weight excluding hydrogens is 369 g/mol. The molecule has 3 fully saturated rings. The largest absolute Gasteiger partial charge is 0.433 e. The second kappa shape index (κ2) is 6.05. The number of rotatable bonds is 4. The monoisotopic (exact) mass is 390 g/mol. The van der Waals surface area contributed by atoms with Gasteiger partial charge in [0.05, 0.1) is 5.75 Å². The molecule has 1 N–H and O–H groups in total. The molecule has 4 rings (SSSR count). The van der Waals surface area contributed by atoms with E-state index in [0.717, 1.165) is 6.42 Å². The van der Waals surface area contributed by atoms with Crippen LogP contribution in [-0.4, -0.2) is 50.2 Å². The van der Waals surface area contributed by atoms with Gasteiger partial charge in [-0.3, -0.25) is 0 Å². The second-order valence-corrected chi connectivity index (χ2v) is 8.51. The lowest BCUT2D eigenvalue weighted by atomic mass is 10.1. The van der Waals surface area contributed by atoms with Crippen molar-refractivity contribution in [3.63, 3.8) is 0 Å². The fourth-order valence-electron chi connectivity index (χ4n) is 4.25. The molecule has 1 aromatic heterocycles. The summed E-state index contributed by atoms with van der Waals surface area (Å²) in [7, 11) is 0. The lowest BCUT2D eigenvalue weighted by Crippen LogP contribution is -2.47. The number of nitrogens with zero attached hydrogens (tertiary/aromatic N) is 4. The zero-order valence-corrected chi connectivity index (χ0v) is 15.3. The highest BCUT2D eigenvalue weighted by Gasteiger charge is 2.56. The van der Waals surface area contributed by atoms with Crippen LogP contribution in [0.5, 0.6) is 0 Å². The highest BCUT2D eigenvalue weighted by molar-refractivity contribution is 7.79. The third kappa shape index (κ3) is 2.96. The molecule has 2 saturated heterocycles. The van der Waals surface area contributed by atoms with Crippen LogP contribution in [0.1, 0.15) is 24.6 Å². The first kappa shape index (κ1) is 18.0. The molecule has 26 heavy (non-hydrogen) atoms. The molecular formula is C16H21F3N4O2S. The minimum absolute atomic E-state index is 0.0537. The van der Waals surface area contributed by atoms with Gasteiger partial charge in [-0.15, -0.1) is 0 Å². The van der Waals surface area contributed by atoms with Crippen molar-refractivity contribution in [2.24, 2.45) is 17.8 Å². The molecule has 6 nitrogen and oxygen atoms in total. The molecule has 1 saturated carbocycles. The summed E-state index contributed by atoms with van der Waals surface area (Å²) in [5, 5.41) is 0.